The molecule has 1 aliphatic carbocycles. The van der Waals surface area contributed by atoms with Gasteiger partial charge in [-0.1, -0.05) is 6.42 Å². The Morgan fingerprint density at radius 1 is 1.21 bits per heavy atom. The summed E-state index contributed by atoms with van der Waals surface area (Å²) in [5.74, 6) is 0.871. The van der Waals surface area contributed by atoms with E-state index in [1.807, 2.05) is 0 Å². The van der Waals surface area contributed by atoms with Crippen LogP contribution in [0.4, 0.5) is 0 Å². The minimum atomic E-state index is 0.572. The molecule has 3 nitrogen and oxygen atoms in total. The monoisotopic (exact) mass is 198 g/mol. The summed E-state index contributed by atoms with van der Waals surface area (Å²) in [6, 6.07) is 0.572. The molecule has 1 saturated heterocycles. The van der Waals surface area contributed by atoms with Crippen molar-refractivity contribution in [1.82, 2.24) is 4.90 Å². The molecule has 2 fully saturated rings. The summed E-state index contributed by atoms with van der Waals surface area (Å²) in [6.45, 7) is 3.73. The van der Waals surface area contributed by atoms with Gasteiger partial charge in [0.25, 0.3) is 0 Å². The molecule has 0 amide bonds. The second-order valence-corrected chi connectivity index (χ2v) is 4.64. The summed E-state index contributed by atoms with van der Waals surface area (Å²) in [5, 5.41) is 0. The second kappa shape index (κ2) is 5.10. The van der Waals surface area contributed by atoms with Crippen LogP contribution in [0.25, 0.3) is 0 Å². The predicted octanol–water partition coefficient (Wildman–Crippen LogP) is 1.18. The van der Waals surface area contributed by atoms with E-state index < -0.39 is 0 Å². The quantitative estimate of drug-likeness (QED) is 0.721. The third-order valence-electron chi connectivity index (χ3n) is 3.33. The van der Waals surface area contributed by atoms with Gasteiger partial charge in [0.1, 0.15) is 0 Å². The first-order chi connectivity index (χ1) is 6.90. The highest BCUT2D eigenvalue weighted by molar-refractivity contribution is 4.76. The molecule has 2 aliphatic rings. The molecule has 0 aromatic heterocycles. The highest BCUT2D eigenvalue weighted by Gasteiger charge is 2.24. The molecule has 1 atom stereocenters. The average molecular weight is 198 g/mol. The van der Waals surface area contributed by atoms with Crippen LogP contribution in [0, 0.1) is 5.92 Å². The van der Waals surface area contributed by atoms with E-state index in [-0.39, 0.29) is 0 Å². The maximum atomic E-state index is 5.74. The van der Waals surface area contributed by atoms with Crippen LogP contribution >= 0.6 is 0 Å². The lowest BCUT2D eigenvalue weighted by Crippen LogP contribution is -2.45. The van der Waals surface area contributed by atoms with Crippen molar-refractivity contribution in [3.05, 3.63) is 0 Å². The lowest BCUT2D eigenvalue weighted by atomic mass is 10.0. The number of hydrogen-bond donors (Lipinski definition) is 1. The molecule has 1 heterocycles. The standard InChI is InChI=1S/C11H22N2O/c12-7-11-3-1-2-6-13(11)9-14-8-10-4-5-10/h10-11H,1-9,12H2. The Kier molecular flexibility index (Phi) is 3.79. The lowest BCUT2D eigenvalue weighted by Gasteiger charge is -2.34. The topological polar surface area (TPSA) is 38.5 Å². The van der Waals surface area contributed by atoms with Gasteiger partial charge in [0.05, 0.1) is 13.3 Å². The molecular formula is C11H22N2O. The van der Waals surface area contributed by atoms with Gasteiger partial charge in [-0.15, -0.1) is 0 Å². The Labute approximate surface area is 86.6 Å². The average Bonchev–Trinajstić information content (AvgIpc) is 3.03. The summed E-state index contributed by atoms with van der Waals surface area (Å²) >= 11 is 0. The molecule has 1 aliphatic heterocycles. The van der Waals surface area contributed by atoms with Gasteiger partial charge in [-0.3, -0.25) is 4.90 Å². The first-order valence-electron chi connectivity index (χ1n) is 5.92. The van der Waals surface area contributed by atoms with Gasteiger partial charge in [-0.2, -0.15) is 0 Å². The zero-order chi connectivity index (χ0) is 9.80. The summed E-state index contributed by atoms with van der Waals surface area (Å²) in [5.41, 5.74) is 5.74. The smallest absolute Gasteiger partial charge is 0.0993 e. The molecular weight excluding hydrogens is 176 g/mol. The normalized spacial score (nSPS) is 29.4. The second-order valence-electron chi connectivity index (χ2n) is 4.64. The third kappa shape index (κ3) is 2.94. The Morgan fingerprint density at radius 2 is 2.07 bits per heavy atom. The Hall–Kier alpha value is -0.120. The SMILES string of the molecule is NCC1CCCCN1COCC1CC1. The van der Waals surface area contributed by atoms with Gasteiger partial charge in [0.15, 0.2) is 0 Å². The molecule has 2 rings (SSSR count). The third-order valence-corrected chi connectivity index (χ3v) is 3.33. The minimum Gasteiger partial charge on any atom is -0.366 e. The molecule has 82 valence electrons. The van der Waals surface area contributed by atoms with Gasteiger partial charge in [0, 0.05) is 19.1 Å². The van der Waals surface area contributed by atoms with E-state index in [2.05, 4.69) is 4.90 Å². The number of hydrogen-bond acceptors (Lipinski definition) is 3. The molecule has 0 spiro atoms. The maximum Gasteiger partial charge on any atom is 0.0993 e. The fourth-order valence-corrected chi connectivity index (χ4v) is 2.12. The fourth-order valence-electron chi connectivity index (χ4n) is 2.12. The zero-order valence-corrected chi connectivity index (χ0v) is 8.95. The maximum absolute atomic E-state index is 5.74. The molecule has 2 N–H and O–H groups in total. The van der Waals surface area contributed by atoms with Crippen LogP contribution in [0.3, 0.4) is 0 Å². The van der Waals surface area contributed by atoms with Crippen molar-refractivity contribution in [2.24, 2.45) is 11.7 Å². The summed E-state index contributed by atoms with van der Waals surface area (Å²) in [6.07, 6.45) is 6.65. The van der Waals surface area contributed by atoms with Crippen molar-refractivity contribution in [3.8, 4) is 0 Å². The van der Waals surface area contributed by atoms with E-state index in [0.717, 1.165) is 25.8 Å². The summed E-state index contributed by atoms with van der Waals surface area (Å²) < 4.78 is 5.70. The van der Waals surface area contributed by atoms with E-state index in [4.69, 9.17) is 10.5 Å². The van der Waals surface area contributed by atoms with Crippen molar-refractivity contribution in [2.45, 2.75) is 38.1 Å². The lowest BCUT2D eigenvalue weighted by molar-refractivity contribution is -0.0111. The van der Waals surface area contributed by atoms with E-state index in [0.29, 0.717) is 6.04 Å². The molecule has 3 heteroatoms. The van der Waals surface area contributed by atoms with E-state index in [1.165, 1.54) is 38.6 Å². The first kappa shape index (κ1) is 10.4. The zero-order valence-electron chi connectivity index (χ0n) is 8.95. The number of rotatable bonds is 5. The van der Waals surface area contributed by atoms with Crippen LogP contribution in [0.2, 0.25) is 0 Å². The van der Waals surface area contributed by atoms with Crippen LogP contribution < -0.4 is 5.73 Å². The number of nitrogens with two attached hydrogens (primary N) is 1. The number of piperidine rings is 1. The van der Waals surface area contributed by atoms with Crippen LogP contribution in [0.15, 0.2) is 0 Å². The van der Waals surface area contributed by atoms with Crippen molar-refractivity contribution in [1.29, 1.82) is 0 Å². The Balaban J connectivity index is 1.64. The molecule has 0 aromatic rings. The Morgan fingerprint density at radius 3 is 2.79 bits per heavy atom. The van der Waals surface area contributed by atoms with Crippen LogP contribution in [-0.2, 0) is 4.74 Å². The fraction of sp³-hybridized carbons (Fsp3) is 1.00. The Bertz CT molecular complexity index is 171. The molecule has 0 aromatic carbocycles. The van der Waals surface area contributed by atoms with Crippen LogP contribution in [0.5, 0.6) is 0 Å². The summed E-state index contributed by atoms with van der Waals surface area (Å²) in [7, 11) is 0. The highest BCUT2D eigenvalue weighted by atomic mass is 16.5. The molecule has 0 bridgehead atoms. The minimum absolute atomic E-state index is 0.572. The summed E-state index contributed by atoms with van der Waals surface area (Å²) in [4.78, 5) is 2.41. The van der Waals surface area contributed by atoms with Crippen LogP contribution in [0.1, 0.15) is 32.1 Å². The van der Waals surface area contributed by atoms with Gasteiger partial charge < -0.3 is 10.5 Å². The van der Waals surface area contributed by atoms with Gasteiger partial charge in [-0.05, 0) is 31.6 Å². The number of ether oxygens (including phenoxy) is 1. The van der Waals surface area contributed by atoms with E-state index in [1.54, 1.807) is 0 Å². The number of likely N-dealkylation sites (tertiary alicyclic amines) is 1. The van der Waals surface area contributed by atoms with Gasteiger partial charge in [0.2, 0.25) is 0 Å². The van der Waals surface area contributed by atoms with Crippen molar-refractivity contribution in [3.63, 3.8) is 0 Å². The highest BCUT2D eigenvalue weighted by Crippen LogP contribution is 2.29. The first-order valence-corrected chi connectivity index (χ1v) is 5.92. The van der Waals surface area contributed by atoms with E-state index in [9.17, 15) is 0 Å². The predicted molar refractivity (Wildman–Crippen MR) is 56.9 cm³/mol. The molecule has 1 unspecified atom stereocenters. The van der Waals surface area contributed by atoms with Gasteiger partial charge >= 0.3 is 0 Å². The largest absolute Gasteiger partial charge is 0.366 e. The van der Waals surface area contributed by atoms with E-state index >= 15 is 0 Å². The van der Waals surface area contributed by atoms with Crippen molar-refractivity contribution >= 4 is 0 Å². The van der Waals surface area contributed by atoms with Crippen molar-refractivity contribution in [2.75, 3.05) is 26.4 Å². The molecule has 1 saturated carbocycles. The van der Waals surface area contributed by atoms with Crippen molar-refractivity contribution < 1.29 is 4.74 Å². The van der Waals surface area contributed by atoms with Gasteiger partial charge in [-0.25, -0.2) is 0 Å². The van der Waals surface area contributed by atoms with Crippen LogP contribution in [-0.4, -0.2) is 37.4 Å². The molecule has 14 heavy (non-hydrogen) atoms. The number of nitrogens with zero attached hydrogens (tertiary/aromatic N) is 1. The molecule has 0 radical (unpaired) electrons.